The highest BCUT2D eigenvalue weighted by Crippen LogP contribution is 2.68. The van der Waals surface area contributed by atoms with Crippen LogP contribution in [-0.4, -0.2) is 28.2 Å². The molecule has 4 aliphatic rings. The van der Waals surface area contributed by atoms with Gasteiger partial charge in [0, 0.05) is 18.9 Å². The van der Waals surface area contributed by atoms with E-state index in [9.17, 15) is 9.90 Å². The molecule has 4 aliphatic carbocycles. The minimum Gasteiger partial charge on any atom is -0.396 e. The second kappa shape index (κ2) is 7.69. The van der Waals surface area contributed by atoms with E-state index in [1.54, 1.807) is 0 Å². The molecule has 0 aliphatic heterocycles. The Morgan fingerprint density at radius 2 is 1.76 bits per heavy atom. The molecule has 0 aromatic heterocycles. The van der Waals surface area contributed by atoms with Crippen molar-refractivity contribution in [2.75, 3.05) is 6.61 Å². The van der Waals surface area contributed by atoms with Crippen LogP contribution in [0, 0.1) is 52.3 Å². The fraction of sp³-hybridized carbons (Fsp3) is 0.885. The Balaban J connectivity index is 1.50. The van der Waals surface area contributed by atoms with Crippen molar-refractivity contribution < 1.29 is 15.0 Å². The first-order valence-corrected chi connectivity index (χ1v) is 12.1. The molecule has 4 saturated carbocycles. The predicted octanol–water partition coefficient (Wildman–Crippen LogP) is 4.74. The smallest absolute Gasteiger partial charge is 0.133 e. The average Bonchev–Trinajstić information content (AvgIpc) is 3.04. The SMILES string of the molecule is CC(=O)[C@H]1CC[C@H]2[C@@H]3CCC4CC(O)(C#CCCCO)CC[C@]4(C)[C@H]3CC[C@]12C. The number of fused-ring (bicyclic) bond motifs is 5. The molecule has 2 N–H and O–H groups in total. The molecule has 29 heavy (non-hydrogen) atoms. The molecule has 0 spiro atoms. The summed E-state index contributed by atoms with van der Waals surface area (Å²) < 4.78 is 0. The van der Waals surface area contributed by atoms with Crippen LogP contribution in [0.25, 0.3) is 0 Å². The molecule has 2 unspecified atom stereocenters. The van der Waals surface area contributed by atoms with Gasteiger partial charge in [0.25, 0.3) is 0 Å². The molecule has 162 valence electrons. The molecule has 0 aromatic carbocycles. The highest BCUT2D eigenvalue weighted by atomic mass is 16.3. The molecular weight excluding hydrogens is 360 g/mol. The number of ketones is 1. The predicted molar refractivity (Wildman–Crippen MR) is 115 cm³/mol. The molecule has 0 bridgehead atoms. The molecule has 4 rings (SSSR count). The minimum absolute atomic E-state index is 0.168. The summed E-state index contributed by atoms with van der Waals surface area (Å²) in [6.07, 6.45) is 11.3. The van der Waals surface area contributed by atoms with Crippen LogP contribution in [0.1, 0.15) is 91.4 Å². The number of unbranched alkanes of at least 4 members (excludes halogenated alkanes) is 1. The first-order chi connectivity index (χ1) is 13.7. The minimum atomic E-state index is -0.831. The van der Waals surface area contributed by atoms with Crippen LogP contribution < -0.4 is 0 Å². The summed E-state index contributed by atoms with van der Waals surface area (Å²) in [6, 6.07) is 0. The molecule has 0 aromatic rings. The number of hydrogen-bond donors (Lipinski definition) is 2. The van der Waals surface area contributed by atoms with E-state index in [2.05, 4.69) is 25.7 Å². The van der Waals surface area contributed by atoms with Crippen LogP contribution in [0.15, 0.2) is 0 Å². The topological polar surface area (TPSA) is 57.5 Å². The van der Waals surface area contributed by atoms with E-state index in [-0.39, 0.29) is 17.9 Å². The first-order valence-electron chi connectivity index (χ1n) is 12.1. The third kappa shape index (κ3) is 3.49. The summed E-state index contributed by atoms with van der Waals surface area (Å²) in [5.41, 5.74) is -0.288. The maximum Gasteiger partial charge on any atom is 0.133 e. The van der Waals surface area contributed by atoms with Crippen LogP contribution in [0.5, 0.6) is 0 Å². The van der Waals surface area contributed by atoms with Gasteiger partial charge in [0.05, 0.1) is 0 Å². The number of aliphatic hydroxyl groups is 2. The fourth-order valence-electron chi connectivity index (χ4n) is 8.42. The summed E-state index contributed by atoms with van der Waals surface area (Å²) >= 11 is 0. The van der Waals surface area contributed by atoms with Gasteiger partial charge in [-0.3, -0.25) is 4.79 Å². The third-order valence-corrected chi connectivity index (χ3v) is 10.00. The molecule has 8 atom stereocenters. The Bertz CT molecular complexity index is 704. The van der Waals surface area contributed by atoms with Crippen molar-refractivity contribution >= 4 is 5.78 Å². The molecule has 3 heteroatoms. The zero-order valence-electron chi connectivity index (χ0n) is 18.7. The van der Waals surface area contributed by atoms with Crippen LogP contribution in [0.3, 0.4) is 0 Å². The summed E-state index contributed by atoms with van der Waals surface area (Å²) in [5.74, 6) is 9.77. The summed E-state index contributed by atoms with van der Waals surface area (Å²) in [5, 5.41) is 20.1. The van der Waals surface area contributed by atoms with E-state index in [4.69, 9.17) is 5.11 Å². The lowest BCUT2D eigenvalue weighted by molar-refractivity contribution is -0.144. The standard InChI is InChI=1S/C26H40O3/c1-18(28)21-9-10-22-20-8-7-19-17-26(29,12-5-4-6-16-27)15-14-24(19,2)23(20)11-13-25(21,22)3/h19-23,27,29H,4,6-11,13-17H2,1-3H3/t19?,20-,21+,22-,23-,24-,25+,26?/m0/s1. The number of Topliss-reactive ketones (excluding diaryl/α,β-unsaturated/α-hetero) is 1. The molecule has 0 saturated heterocycles. The van der Waals surface area contributed by atoms with Gasteiger partial charge in [0.2, 0.25) is 0 Å². The van der Waals surface area contributed by atoms with Crippen molar-refractivity contribution in [2.24, 2.45) is 40.4 Å². The van der Waals surface area contributed by atoms with Gasteiger partial charge >= 0.3 is 0 Å². The third-order valence-electron chi connectivity index (χ3n) is 10.00. The van der Waals surface area contributed by atoms with E-state index >= 15 is 0 Å². The van der Waals surface area contributed by atoms with Gasteiger partial charge in [-0.1, -0.05) is 19.8 Å². The van der Waals surface area contributed by atoms with E-state index < -0.39 is 5.60 Å². The number of carbonyl (C=O) groups excluding carboxylic acids is 1. The number of carbonyl (C=O) groups is 1. The van der Waals surface area contributed by atoms with Crippen LogP contribution >= 0.6 is 0 Å². The van der Waals surface area contributed by atoms with E-state index in [0.717, 1.165) is 37.5 Å². The normalized spacial score (nSPS) is 48.7. The van der Waals surface area contributed by atoms with Crippen molar-refractivity contribution in [1.29, 1.82) is 0 Å². The van der Waals surface area contributed by atoms with Gasteiger partial charge in [-0.15, -0.1) is 5.92 Å². The van der Waals surface area contributed by atoms with Gasteiger partial charge in [-0.25, -0.2) is 0 Å². The number of rotatable bonds is 3. The largest absolute Gasteiger partial charge is 0.396 e. The molecule has 3 nitrogen and oxygen atoms in total. The molecule has 0 heterocycles. The van der Waals surface area contributed by atoms with Gasteiger partial charge in [0.1, 0.15) is 11.4 Å². The van der Waals surface area contributed by atoms with Crippen LogP contribution in [0.4, 0.5) is 0 Å². The second-order valence-corrected chi connectivity index (χ2v) is 11.3. The Morgan fingerprint density at radius 3 is 2.48 bits per heavy atom. The molecule has 0 amide bonds. The Morgan fingerprint density at radius 1 is 1.00 bits per heavy atom. The van der Waals surface area contributed by atoms with Crippen molar-refractivity contribution in [3.8, 4) is 11.8 Å². The van der Waals surface area contributed by atoms with Gasteiger partial charge in [-0.05, 0) is 106 Å². The first kappa shape index (κ1) is 21.4. The zero-order chi connectivity index (χ0) is 20.9. The van der Waals surface area contributed by atoms with Crippen molar-refractivity contribution in [1.82, 2.24) is 0 Å². The van der Waals surface area contributed by atoms with Crippen LogP contribution in [0.2, 0.25) is 0 Å². The zero-order valence-corrected chi connectivity index (χ0v) is 18.7. The van der Waals surface area contributed by atoms with Gasteiger partial charge in [0.15, 0.2) is 0 Å². The summed E-state index contributed by atoms with van der Waals surface area (Å²) in [7, 11) is 0. The van der Waals surface area contributed by atoms with Crippen molar-refractivity contribution in [3.63, 3.8) is 0 Å². The second-order valence-electron chi connectivity index (χ2n) is 11.3. The lowest BCUT2D eigenvalue weighted by Gasteiger charge is -2.61. The maximum absolute atomic E-state index is 12.3. The molecular formula is C26H40O3. The Hall–Kier alpha value is -0.850. The highest BCUT2D eigenvalue weighted by Gasteiger charge is 2.61. The summed E-state index contributed by atoms with van der Waals surface area (Å²) in [6.45, 7) is 6.91. The highest BCUT2D eigenvalue weighted by molar-refractivity contribution is 5.79. The van der Waals surface area contributed by atoms with E-state index in [0.29, 0.717) is 35.9 Å². The monoisotopic (exact) mass is 400 g/mol. The van der Waals surface area contributed by atoms with E-state index in [1.165, 1.54) is 32.1 Å². The summed E-state index contributed by atoms with van der Waals surface area (Å²) in [4.78, 5) is 12.3. The number of hydrogen-bond acceptors (Lipinski definition) is 3. The van der Waals surface area contributed by atoms with Gasteiger partial charge in [-0.2, -0.15) is 0 Å². The molecule has 4 fully saturated rings. The lowest BCUT2D eigenvalue weighted by atomic mass is 9.44. The van der Waals surface area contributed by atoms with E-state index in [1.807, 2.05) is 6.92 Å². The van der Waals surface area contributed by atoms with Crippen LogP contribution in [-0.2, 0) is 4.79 Å². The average molecular weight is 401 g/mol. The lowest BCUT2D eigenvalue weighted by Crippen LogP contribution is -2.56. The van der Waals surface area contributed by atoms with Crippen molar-refractivity contribution in [2.45, 2.75) is 97.0 Å². The molecule has 0 radical (unpaired) electrons. The van der Waals surface area contributed by atoms with Crippen molar-refractivity contribution in [3.05, 3.63) is 0 Å². The number of aliphatic hydroxyl groups excluding tert-OH is 1. The Labute approximate surface area is 177 Å². The maximum atomic E-state index is 12.3. The van der Waals surface area contributed by atoms with Gasteiger partial charge < -0.3 is 10.2 Å². The quantitative estimate of drug-likeness (QED) is 0.531. The fourth-order valence-corrected chi connectivity index (χ4v) is 8.42. The Kier molecular flexibility index (Phi) is 5.67.